The fourth-order valence-corrected chi connectivity index (χ4v) is 0.952. The third-order valence-electron chi connectivity index (χ3n) is 1.61. The lowest BCUT2D eigenvalue weighted by Crippen LogP contribution is -2.36. The molecule has 9 nitrogen and oxygen atoms in total. The average molecular weight is 254 g/mol. The van der Waals surface area contributed by atoms with E-state index in [1.807, 2.05) is 0 Å². The van der Waals surface area contributed by atoms with E-state index in [-0.39, 0.29) is 17.7 Å². The highest BCUT2D eigenvalue weighted by atomic mass is 16.6. The van der Waals surface area contributed by atoms with Gasteiger partial charge in [0.1, 0.15) is 25.9 Å². The molecule has 0 fully saturated rings. The van der Waals surface area contributed by atoms with Crippen molar-refractivity contribution in [1.82, 2.24) is 14.8 Å². The molecule has 2 N–H and O–H groups in total. The molecule has 0 unspecified atom stereocenters. The molecule has 18 heavy (non-hydrogen) atoms. The van der Waals surface area contributed by atoms with Crippen LogP contribution in [0.15, 0.2) is 23.0 Å². The molecule has 0 saturated heterocycles. The minimum atomic E-state index is -0.818. The van der Waals surface area contributed by atoms with Gasteiger partial charge in [0.05, 0.1) is 0 Å². The van der Waals surface area contributed by atoms with Crippen molar-refractivity contribution in [3.63, 3.8) is 0 Å². The van der Waals surface area contributed by atoms with Gasteiger partial charge in [0.15, 0.2) is 0 Å². The molecule has 0 aliphatic rings. The van der Waals surface area contributed by atoms with E-state index in [1.165, 1.54) is 24.4 Å². The van der Waals surface area contributed by atoms with Crippen LogP contribution in [-0.4, -0.2) is 45.4 Å². The molecule has 0 aliphatic carbocycles. The van der Waals surface area contributed by atoms with Crippen LogP contribution in [0, 0.1) is 0 Å². The number of hydrogen-bond acceptors (Lipinski definition) is 7. The number of aromatic nitrogens is 3. The molecule has 0 aromatic carbocycles. The van der Waals surface area contributed by atoms with E-state index in [4.69, 9.17) is 10.6 Å². The van der Waals surface area contributed by atoms with E-state index in [9.17, 15) is 4.79 Å². The Hall–Kier alpha value is -2.45. The Balaban J connectivity index is 3.12. The minimum absolute atomic E-state index is 0.0110. The lowest BCUT2D eigenvalue weighted by Gasteiger charge is -2.07. The van der Waals surface area contributed by atoms with E-state index in [1.54, 1.807) is 13.8 Å². The van der Waals surface area contributed by atoms with Crippen molar-refractivity contribution in [3.8, 4) is 0 Å². The Kier molecular flexibility index (Phi) is 4.78. The highest BCUT2D eigenvalue weighted by Crippen LogP contribution is 1.95. The summed E-state index contributed by atoms with van der Waals surface area (Å²) in [7, 11) is 1.32. The maximum atomic E-state index is 11.3. The maximum Gasteiger partial charge on any atom is 0.274 e. The Morgan fingerprint density at radius 3 is 2.61 bits per heavy atom. The third kappa shape index (κ3) is 3.54. The molecule has 0 radical (unpaired) electrons. The van der Waals surface area contributed by atoms with Gasteiger partial charge in [0.2, 0.25) is 11.5 Å². The topological polar surface area (TPSA) is 117 Å². The highest BCUT2D eigenvalue weighted by Gasteiger charge is 2.20. The van der Waals surface area contributed by atoms with Gasteiger partial charge < -0.3 is 15.4 Å². The van der Waals surface area contributed by atoms with Gasteiger partial charge >= 0.3 is 0 Å². The molecular weight excluding hydrogens is 240 g/mol. The first kappa shape index (κ1) is 13.6. The van der Waals surface area contributed by atoms with Crippen LogP contribution >= 0.6 is 0 Å². The van der Waals surface area contributed by atoms with Crippen molar-refractivity contribution in [2.24, 2.45) is 16.0 Å². The quantitative estimate of drug-likeness (QED) is 0.425. The van der Waals surface area contributed by atoms with Crippen LogP contribution in [-0.2, 0) is 14.5 Å². The number of primary amides is 1. The van der Waals surface area contributed by atoms with Gasteiger partial charge in [-0.25, -0.2) is 4.98 Å². The van der Waals surface area contributed by atoms with Crippen molar-refractivity contribution >= 4 is 17.5 Å². The summed E-state index contributed by atoms with van der Waals surface area (Å²) in [5, 5.41) is 11.1. The van der Waals surface area contributed by atoms with Gasteiger partial charge in [-0.2, -0.15) is 9.78 Å². The molecule has 1 heterocycles. The smallest absolute Gasteiger partial charge is 0.274 e. The second-order valence-electron chi connectivity index (χ2n) is 3.40. The van der Waals surface area contributed by atoms with Crippen LogP contribution in [0.25, 0.3) is 0 Å². The van der Waals surface area contributed by atoms with Crippen LogP contribution in [0.4, 0.5) is 0 Å². The predicted molar refractivity (Wildman–Crippen MR) is 62.7 cm³/mol. The van der Waals surface area contributed by atoms with E-state index < -0.39 is 5.91 Å². The highest BCUT2D eigenvalue weighted by molar-refractivity contribution is 6.66. The zero-order valence-electron chi connectivity index (χ0n) is 10.3. The van der Waals surface area contributed by atoms with Crippen molar-refractivity contribution in [2.45, 2.75) is 20.0 Å². The van der Waals surface area contributed by atoms with Gasteiger partial charge in [0, 0.05) is 0 Å². The molecule has 1 aromatic rings. The monoisotopic (exact) mass is 254 g/mol. The number of nitrogens with two attached hydrogens (primary N) is 1. The minimum Gasteiger partial charge on any atom is -0.397 e. The predicted octanol–water partition coefficient (Wildman–Crippen LogP) is -0.648. The molecule has 0 bridgehead atoms. The van der Waals surface area contributed by atoms with Gasteiger partial charge in [0.25, 0.3) is 5.91 Å². The van der Waals surface area contributed by atoms with Gasteiger partial charge in [-0.15, -0.1) is 0 Å². The summed E-state index contributed by atoms with van der Waals surface area (Å²) < 4.78 is 1.19. The Morgan fingerprint density at radius 2 is 2.17 bits per heavy atom. The number of oxime groups is 2. The summed E-state index contributed by atoms with van der Waals surface area (Å²) in [6, 6.07) is 0. The summed E-state index contributed by atoms with van der Waals surface area (Å²) in [5.74, 6) is -0.829. The van der Waals surface area contributed by atoms with Crippen LogP contribution in [0.3, 0.4) is 0 Å². The number of carbonyl (C=O) groups excluding carboxylic acids is 1. The number of nitrogens with zero attached hydrogens (tertiary/aromatic N) is 5. The second kappa shape index (κ2) is 6.33. The normalized spacial score (nSPS) is 12.7. The lowest BCUT2D eigenvalue weighted by molar-refractivity contribution is -0.112. The summed E-state index contributed by atoms with van der Waals surface area (Å²) in [6.07, 6.45) is 2.39. The first-order valence-electron chi connectivity index (χ1n) is 5.06. The molecule has 98 valence electrons. The molecule has 0 spiro atoms. The molecule has 1 amide bonds. The Labute approximate surface area is 103 Å². The summed E-state index contributed by atoms with van der Waals surface area (Å²) in [4.78, 5) is 24.7. The lowest BCUT2D eigenvalue weighted by atomic mass is 10.3. The van der Waals surface area contributed by atoms with E-state index in [2.05, 4.69) is 25.2 Å². The van der Waals surface area contributed by atoms with Gasteiger partial charge in [-0.3, -0.25) is 4.79 Å². The number of rotatable bonds is 5. The standard InChI is InChI=1S/C9H14N6O3/c1-6(2)18-13-7(8(10)16)9(14-17-3)15-5-11-4-12-15/h4-6H,1-3H3,(H2,10,16)/b13-7+,14-9+. The summed E-state index contributed by atoms with van der Waals surface area (Å²) in [5.41, 5.74) is 5.00. The van der Waals surface area contributed by atoms with E-state index in [0.717, 1.165) is 0 Å². The second-order valence-corrected chi connectivity index (χ2v) is 3.40. The average Bonchev–Trinajstić information content (AvgIpc) is 2.80. The van der Waals surface area contributed by atoms with Crippen molar-refractivity contribution in [1.29, 1.82) is 0 Å². The summed E-state index contributed by atoms with van der Waals surface area (Å²) >= 11 is 0. The molecule has 0 saturated carbocycles. The van der Waals surface area contributed by atoms with Crippen LogP contribution in [0.1, 0.15) is 13.8 Å². The van der Waals surface area contributed by atoms with Crippen molar-refractivity contribution in [3.05, 3.63) is 12.7 Å². The van der Waals surface area contributed by atoms with E-state index >= 15 is 0 Å². The first-order chi connectivity index (χ1) is 8.56. The first-order valence-corrected chi connectivity index (χ1v) is 5.06. The van der Waals surface area contributed by atoms with Gasteiger partial charge in [-0.05, 0) is 13.8 Å². The largest absolute Gasteiger partial charge is 0.397 e. The fraction of sp³-hybridized carbons (Fsp3) is 0.444. The Morgan fingerprint density at radius 1 is 1.44 bits per heavy atom. The number of hydrogen-bond donors (Lipinski definition) is 1. The third-order valence-corrected chi connectivity index (χ3v) is 1.61. The van der Waals surface area contributed by atoms with Crippen LogP contribution in [0.5, 0.6) is 0 Å². The molecule has 1 aromatic heterocycles. The maximum absolute atomic E-state index is 11.3. The molecule has 1 rings (SSSR count). The zero-order valence-corrected chi connectivity index (χ0v) is 10.3. The number of carbonyl (C=O) groups is 1. The van der Waals surface area contributed by atoms with E-state index in [0.29, 0.717) is 0 Å². The molecular formula is C9H14N6O3. The van der Waals surface area contributed by atoms with Crippen LogP contribution < -0.4 is 5.73 Å². The molecule has 9 heteroatoms. The SMILES string of the molecule is CO/N=C(\C(=N\OC(C)C)C(N)=O)n1cncn1. The number of amides is 1. The van der Waals surface area contributed by atoms with Crippen molar-refractivity contribution < 1.29 is 14.5 Å². The summed E-state index contributed by atoms with van der Waals surface area (Å²) in [6.45, 7) is 3.51. The fourth-order valence-electron chi connectivity index (χ4n) is 0.952. The molecule has 0 atom stereocenters. The Bertz CT molecular complexity index is 451. The van der Waals surface area contributed by atoms with Gasteiger partial charge in [-0.1, -0.05) is 10.3 Å². The van der Waals surface area contributed by atoms with Crippen molar-refractivity contribution in [2.75, 3.05) is 7.11 Å². The zero-order chi connectivity index (χ0) is 13.5. The van der Waals surface area contributed by atoms with Crippen LogP contribution in [0.2, 0.25) is 0 Å². The molecule has 0 aliphatic heterocycles.